The number of thiocyanates is 1. The second-order valence-corrected chi connectivity index (χ2v) is 6.59. The van der Waals surface area contributed by atoms with Gasteiger partial charge >= 0.3 is 33.3 Å². The Bertz CT molecular complexity index is 573. The SMILES string of the molecule is C/C(=N\N=C=S)c1ccc(/C(C)=N/SC#N)s1.[Cl][Fe][Cl]. The normalized spacial score (nSPS) is 11.2. The van der Waals surface area contributed by atoms with Crippen molar-refractivity contribution in [3.05, 3.63) is 21.9 Å². The molecule has 0 saturated heterocycles. The quantitative estimate of drug-likeness (QED) is 0.178. The summed E-state index contributed by atoms with van der Waals surface area (Å²) >= 11 is 7.05. The molecule has 0 aromatic carbocycles. The first-order valence-corrected chi connectivity index (χ1v) is 9.81. The fourth-order valence-corrected chi connectivity index (χ4v) is 2.27. The summed E-state index contributed by atoms with van der Waals surface area (Å²) in [6.07, 6.45) is 0. The molecule has 0 spiro atoms. The molecule has 1 aromatic rings. The van der Waals surface area contributed by atoms with Gasteiger partial charge in [0.15, 0.2) is 5.40 Å². The van der Waals surface area contributed by atoms with Crippen molar-refractivity contribution in [1.29, 1.82) is 5.26 Å². The molecule has 1 heterocycles. The van der Waals surface area contributed by atoms with Gasteiger partial charge in [-0.15, -0.1) is 16.4 Å². The van der Waals surface area contributed by atoms with Crippen LogP contribution in [-0.2, 0) is 13.1 Å². The Morgan fingerprint density at radius 1 is 1.35 bits per heavy atom. The molecule has 0 aliphatic rings. The molecule has 0 N–H and O–H groups in total. The second-order valence-electron chi connectivity index (χ2n) is 2.95. The van der Waals surface area contributed by atoms with Gasteiger partial charge in [0.2, 0.25) is 0 Å². The van der Waals surface area contributed by atoms with E-state index in [4.69, 9.17) is 25.5 Å². The van der Waals surface area contributed by atoms with Gasteiger partial charge in [0.05, 0.1) is 33.4 Å². The average molecular weight is 407 g/mol. The third kappa shape index (κ3) is 8.15. The first-order chi connectivity index (χ1) is 9.60. The van der Waals surface area contributed by atoms with Crippen LogP contribution >= 0.6 is 55.7 Å². The van der Waals surface area contributed by atoms with Crippen molar-refractivity contribution in [1.82, 2.24) is 0 Å². The molecule has 108 valence electrons. The number of rotatable bonds is 4. The molecule has 1 rings (SSSR count). The van der Waals surface area contributed by atoms with Crippen LogP contribution < -0.4 is 0 Å². The molecule has 0 atom stereocenters. The van der Waals surface area contributed by atoms with Crippen molar-refractivity contribution in [2.45, 2.75) is 13.8 Å². The number of hydrogen-bond donors (Lipinski definition) is 0. The van der Waals surface area contributed by atoms with E-state index in [2.05, 4.69) is 32.0 Å². The summed E-state index contributed by atoms with van der Waals surface area (Å²) in [5.41, 5.74) is 1.60. The molecule has 1 aromatic heterocycles. The zero-order valence-electron chi connectivity index (χ0n) is 10.3. The van der Waals surface area contributed by atoms with Gasteiger partial charge in [0, 0.05) is 4.88 Å². The van der Waals surface area contributed by atoms with E-state index >= 15 is 0 Å². The fraction of sp³-hybridized carbons (Fsp3) is 0.200. The van der Waals surface area contributed by atoms with E-state index in [0.29, 0.717) is 0 Å². The molecule has 0 fully saturated rings. The van der Waals surface area contributed by atoms with Gasteiger partial charge in [-0.3, -0.25) is 0 Å². The number of thiophene rings is 1. The number of nitrogens with zero attached hydrogens (tertiary/aromatic N) is 4. The fourth-order valence-electron chi connectivity index (χ4n) is 1.01. The van der Waals surface area contributed by atoms with Crippen molar-refractivity contribution in [2.24, 2.45) is 14.6 Å². The predicted molar refractivity (Wildman–Crippen MR) is 88.7 cm³/mol. The van der Waals surface area contributed by atoms with Crippen molar-refractivity contribution in [3.63, 3.8) is 0 Å². The van der Waals surface area contributed by atoms with E-state index < -0.39 is 0 Å². The molecular weight excluding hydrogens is 399 g/mol. The molecule has 20 heavy (non-hydrogen) atoms. The maximum absolute atomic E-state index is 8.41. The van der Waals surface area contributed by atoms with Crippen molar-refractivity contribution in [3.8, 4) is 5.40 Å². The van der Waals surface area contributed by atoms with E-state index in [1.807, 2.05) is 31.4 Å². The third-order valence-corrected chi connectivity index (χ3v) is 3.61. The van der Waals surface area contributed by atoms with Crippen LogP contribution in [-0.4, -0.2) is 16.6 Å². The van der Waals surface area contributed by atoms with Crippen molar-refractivity contribution >= 4 is 72.3 Å². The van der Waals surface area contributed by atoms with Gasteiger partial charge in [-0.05, 0) is 38.2 Å². The maximum atomic E-state index is 8.41. The Kier molecular flexibility index (Phi) is 12.4. The van der Waals surface area contributed by atoms with E-state index in [9.17, 15) is 0 Å². The van der Waals surface area contributed by atoms with E-state index in [0.717, 1.165) is 33.1 Å². The minimum absolute atomic E-state index is 0.194. The number of thiocarbonyl (C=S) groups is 1. The van der Waals surface area contributed by atoms with Crippen molar-refractivity contribution in [2.75, 3.05) is 0 Å². The number of nitriles is 1. The minimum atomic E-state index is 0.194. The van der Waals surface area contributed by atoms with Gasteiger partial charge in [0.1, 0.15) is 0 Å². The summed E-state index contributed by atoms with van der Waals surface area (Å²) in [5.74, 6) is 0. The molecular formula is C10H8Cl2FeN4S3. The van der Waals surface area contributed by atoms with Crippen LogP contribution in [0.25, 0.3) is 0 Å². The molecule has 0 aliphatic carbocycles. The van der Waals surface area contributed by atoms with Gasteiger partial charge < -0.3 is 0 Å². The van der Waals surface area contributed by atoms with Gasteiger partial charge in [-0.1, -0.05) is 5.10 Å². The Balaban J connectivity index is 0.00000110. The first kappa shape index (κ1) is 19.8. The van der Waals surface area contributed by atoms with Crippen LogP contribution in [0.4, 0.5) is 0 Å². The van der Waals surface area contributed by atoms with Crippen LogP contribution in [0.15, 0.2) is 26.7 Å². The Labute approximate surface area is 145 Å². The van der Waals surface area contributed by atoms with Gasteiger partial charge in [-0.25, -0.2) is 4.40 Å². The van der Waals surface area contributed by atoms with Crippen LogP contribution in [0.2, 0.25) is 0 Å². The van der Waals surface area contributed by atoms with Crippen LogP contribution in [0, 0.1) is 10.7 Å². The molecule has 0 unspecified atom stereocenters. The van der Waals surface area contributed by atoms with Crippen LogP contribution in [0.1, 0.15) is 23.6 Å². The topological polar surface area (TPSA) is 60.9 Å². The standard InChI is InChI=1S/C10H8N4S3.2ClH.Fe/c1-7(13-12-6-15)9-3-4-10(17-9)8(2)14-16-5-11;;;/h3-4H,1-2H3;2*1H;/q;;;+2/p-2/b13-7+,14-8+;;;. The summed E-state index contributed by atoms with van der Waals surface area (Å²) in [7, 11) is 9.53. The molecule has 0 bridgehead atoms. The number of isothiocyanates is 1. The molecule has 0 radical (unpaired) electrons. The Hall–Kier alpha value is -0.221. The first-order valence-electron chi connectivity index (χ1n) is 4.77. The van der Waals surface area contributed by atoms with E-state index in [-0.39, 0.29) is 13.1 Å². The number of hydrogen-bond acceptors (Lipinski definition) is 7. The predicted octanol–water partition coefficient (Wildman–Crippen LogP) is 4.89. The molecule has 0 amide bonds. The zero-order chi connectivity index (χ0) is 15.4. The summed E-state index contributed by atoms with van der Waals surface area (Å²) in [6.45, 7) is 3.71. The van der Waals surface area contributed by atoms with Gasteiger partial charge in [0.25, 0.3) is 0 Å². The van der Waals surface area contributed by atoms with Crippen molar-refractivity contribution < 1.29 is 13.1 Å². The average Bonchev–Trinajstić information content (AvgIpc) is 2.93. The summed E-state index contributed by atoms with van der Waals surface area (Å²) < 4.78 is 4.04. The summed E-state index contributed by atoms with van der Waals surface area (Å²) in [6, 6.07) is 3.88. The Morgan fingerprint density at radius 2 is 1.90 bits per heavy atom. The second kappa shape index (κ2) is 12.5. The summed E-state index contributed by atoms with van der Waals surface area (Å²) in [4.78, 5) is 1.99. The third-order valence-electron chi connectivity index (χ3n) is 1.78. The molecule has 4 nitrogen and oxygen atoms in total. The number of halogens is 2. The Morgan fingerprint density at radius 3 is 2.40 bits per heavy atom. The van der Waals surface area contributed by atoms with Gasteiger partial charge in [-0.2, -0.15) is 5.26 Å². The molecule has 10 heteroatoms. The summed E-state index contributed by atoms with van der Waals surface area (Å²) in [5, 5.41) is 19.9. The van der Waals surface area contributed by atoms with Crippen LogP contribution in [0.5, 0.6) is 0 Å². The van der Waals surface area contributed by atoms with Crippen LogP contribution in [0.3, 0.4) is 0 Å². The van der Waals surface area contributed by atoms with E-state index in [1.165, 1.54) is 0 Å². The monoisotopic (exact) mass is 406 g/mol. The zero-order valence-corrected chi connectivity index (χ0v) is 15.3. The molecule has 0 saturated carbocycles. The molecule has 0 aliphatic heterocycles. The van der Waals surface area contributed by atoms with E-state index in [1.54, 1.807) is 11.3 Å².